The fourth-order valence-corrected chi connectivity index (χ4v) is 3.20. The molecule has 4 aromatic rings. The number of benzene rings is 2. The van der Waals surface area contributed by atoms with E-state index in [0.717, 1.165) is 0 Å². The summed E-state index contributed by atoms with van der Waals surface area (Å²) in [6.07, 6.45) is 0. The lowest BCUT2D eigenvalue weighted by molar-refractivity contribution is -0.384. The van der Waals surface area contributed by atoms with Crippen molar-refractivity contribution in [1.82, 2.24) is 25.2 Å². The standard InChI is InChI=1S/C22H17FN6O5/c1-12-11-18(30)19(26-28(12)16-5-3-4-6-17(16)29(32)33)21(31)24-13(2)22-25-20(27-34-22)14-7-9-15(23)10-8-14/h3-11,13H,1-2H3,(H,24,31). The Morgan fingerprint density at radius 2 is 1.91 bits per heavy atom. The number of aryl methyl sites for hydroxylation is 1. The van der Waals surface area contributed by atoms with Gasteiger partial charge >= 0.3 is 0 Å². The van der Waals surface area contributed by atoms with Gasteiger partial charge < -0.3 is 9.84 Å². The molecule has 0 aliphatic carbocycles. The average Bonchev–Trinajstić information content (AvgIpc) is 3.30. The second-order valence-electron chi connectivity index (χ2n) is 7.31. The monoisotopic (exact) mass is 464 g/mol. The number of hydrogen-bond acceptors (Lipinski definition) is 8. The number of carbonyl (C=O) groups excluding carboxylic acids is 1. The SMILES string of the molecule is Cc1cc(=O)c(C(=O)NC(C)c2nc(-c3ccc(F)cc3)no2)nn1-c1ccccc1[N+](=O)[O-]. The molecule has 0 fully saturated rings. The van der Waals surface area contributed by atoms with Gasteiger partial charge in [0.15, 0.2) is 5.69 Å². The summed E-state index contributed by atoms with van der Waals surface area (Å²) in [5.74, 6) is -0.987. The number of nitrogens with zero attached hydrogens (tertiary/aromatic N) is 5. The Labute approximate surface area is 191 Å². The zero-order chi connectivity index (χ0) is 24.4. The Bertz CT molecular complexity index is 1450. The van der Waals surface area contributed by atoms with Crippen molar-refractivity contribution in [1.29, 1.82) is 0 Å². The first kappa shape index (κ1) is 22.5. The summed E-state index contributed by atoms with van der Waals surface area (Å²) in [6.45, 7) is 3.11. The zero-order valence-electron chi connectivity index (χ0n) is 17.9. The molecule has 2 aromatic heterocycles. The maximum atomic E-state index is 13.1. The molecule has 11 nitrogen and oxygen atoms in total. The predicted molar refractivity (Wildman–Crippen MR) is 117 cm³/mol. The predicted octanol–water partition coefficient (Wildman–Crippen LogP) is 3.13. The molecule has 0 saturated heterocycles. The van der Waals surface area contributed by atoms with E-state index in [2.05, 4.69) is 20.6 Å². The van der Waals surface area contributed by atoms with Crippen LogP contribution in [0.2, 0.25) is 0 Å². The molecule has 172 valence electrons. The molecule has 0 spiro atoms. The number of para-hydroxylation sites is 2. The molecule has 1 amide bonds. The first-order valence-electron chi connectivity index (χ1n) is 10.00. The van der Waals surface area contributed by atoms with Gasteiger partial charge in [-0.05, 0) is 44.2 Å². The lowest BCUT2D eigenvalue weighted by Gasteiger charge is -2.13. The highest BCUT2D eigenvalue weighted by Crippen LogP contribution is 2.22. The molecule has 1 atom stereocenters. The number of halogens is 1. The van der Waals surface area contributed by atoms with Crippen LogP contribution in [0.25, 0.3) is 17.1 Å². The third-order valence-electron chi connectivity index (χ3n) is 4.89. The van der Waals surface area contributed by atoms with Crippen molar-refractivity contribution in [3.8, 4) is 17.1 Å². The lowest BCUT2D eigenvalue weighted by Crippen LogP contribution is -2.33. The molecule has 1 unspecified atom stereocenters. The van der Waals surface area contributed by atoms with Crippen molar-refractivity contribution in [2.24, 2.45) is 0 Å². The third kappa shape index (κ3) is 4.41. The Hall–Kier alpha value is -4.74. The van der Waals surface area contributed by atoms with Crippen LogP contribution in [-0.4, -0.2) is 30.8 Å². The van der Waals surface area contributed by atoms with Gasteiger partial charge in [-0.1, -0.05) is 17.3 Å². The highest BCUT2D eigenvalue weighted by atomic mass is 19.1. The summed E-state index contributed by atoms with van der Waals surface area (Å²) < 4.78 is 19.5. The summed E-state index contributed by atoms with van der Waals surface area (Å²) in [5, 5.41) is 21.9. The number of hydrogen-bond donors (Lipinski definition) is 1. The van der Waals surface area contributed by atoms with Crippen molar-refractivity contribution in [3.63, 3.8) is 0 Å². The topological polar surface area (TPSA) is 146 Å². The van der Waals surface area contributed by atoms with Gasteiger partial charge in [0, 0.05) is 23.4 Å². The van der Waals surface area contributed by atoms with E-state index < -0.39 is 33.8 Å². The van der Waals surface area contributed by atoms with E-state index in [1.165, 1.54) is 53.2 Å². The van der Waals surface area contributed by atoms with Gasteiger partial charge in [-0.25, -0.2) is 9.07 Å². The number of amides is 1. The largest absolute Gasteiger partial charge is 0.339 e. The van der Waals surface area contributed by atoms with Gasteiger partial charge in [-0.15, -0.1) is 0 Å². The Morgan fingerprint density at radius 1 is 1.21 bits per heavy atom. The third-order valence-corrected chi connectivity index (χ3v) is 4.89. The number of carbonyl (C=O) groups is 1. The van der Waals surface area contributed by atoms with Crippen molar-refractivity contribution in [3.05, 3.63) is 98.0 Å². The van der Waals surface area contributed by atoms with Crippen LogP contribution in [0.1, 0.15) is 35.0 Å². The van der Waals surface area contributed by atoms with Crippen molar-refractivity contribution < 1.29 is 18.6 Å². The van der Waals surface area contributed by atoms with E-state index in [0.29, 0.717) is 11.3 Å². The Kier molecular flexibility index (Phi) is 5.95. The van der Waals surface area contributed by atoms with Crippen LogP contribution in [0.3, 0.4) is 0 Å². The van der Waals surface area contributed by atoms with Gasteiger partial charge in [0.2, 0.25) is 17.1 Å². The number of nitro benzene ring substituents is 1. The summed E-state index contributed by atoms with van der Waals surface area (Å²) in [7, 11) is 0. The van der Waals surface area contributed by atoms with Gasteiger partial charge in [0.1, 0.15) is 17.5 Å². The molecule has 4 rings (SSSR count). The molecule has 0 radical (unpaired) electrons. The van der Waals surface area contributed by atoms with Crippen LogP contribution >= 0.6 is 0 Å². The molecule has 34 heavy (non-hydrogen) atoms. The molecule has 0 saturated carbocycles. The summed E-state index contributed by atoms with van der Waals surface area (Å²) in [6, 6.07) is 11.7. The van der Waals surface area contributed by atoms with Crippen LogP contribution in [-0.2, 0) is 0 Å². The molecule has 12 heteroatoms. The minimum absolute atomic E-state index is 0.0545. The molecule has 1 N–H and O–H groups in total. The van der Waals surface area contributed by atoms with Crippen LogP contribution in [0.5, 0.6) is 0 Å². The number of nitrogens with one attached hydrogen (secondary N) is 1. The van der Waals surface area contributed by atoms with Crippen LogP contribution < -0.4 is 10.7 Å². The van der Waals surface area contributed by atoms with Crippen LogP contribution in [0.15, 0.2) is 63.9 Å². The second kappa shape index (κ2) is 9.02. The molecule has 0 aliphatic heterocycles. The highest BCUT2D eigenvalue weighted by Gasteiger charge is 2.23. The molecule has 0 bridgehead atoms. The van der Waals surface area contributed by atoms with Crippen molar-refractivity contribution >= 4 is 11.6 Å². The van der Waals surface area contributed by atoms with Gasteiger partial charge in [-0.2, -0.15) is 10.1 Å². The van der Waals surface area contributed by atoms with E-state index in [-0.39, 0.29) is 23.1 Å². The highest BCUT2D eigenvalue weighted by molar-refractivity contribution is 5.92. The number of aromatic nitrogens is 4. The van der Waals surface area contributed by atoms with Crippen LogP contribution in [0.4, 0.5) is 10.1 Å². The molecule has 0 aliphatic rings. The number of rotatable bonds is 6. The molecule has 2 heterocycles. The quantitative estimate of drug-likeness (QED) is 0.338. The van der Waals surface area contributed by atoms with E-state index in [4.69, 9.17) is 4.52 Å². The van der Waals surface area contributed by atoms with Crippen molar-refractivity contribution in [2.75, 3.05) is 0 Å². The first-order chi connectivity index (χ1) is 16.2. The van der Waals surface area contributed by atoms with E-state index >= 15 is 0 Å². The first-order valence-corrected chi connectivity index (χ1v) is 10.00. The fourth-order valence-electron chi connectivity index (χ4n) is 3.20. The van der Waals surface area contributed by atoms with E-state index in [1.54, 1.807) is 19.9 Å². The minimum atomic E-state index is -0.827. The second-order valence-corrected chi connectivity index (χ2v) is 7.31. The molecular weight excluding hydrogens is 447 g/mol. The summed E-state index contributed by atoms with van der Waals surface area (Å²) >= 11 is 0. The summed E-state index contributed by atoms with van der Waals surface area (Å²) in [4.78, 5) is 40.3. The number of nitro groups is 1. The van der Waals surface area contributed by atoms with E-state index in [9.17, 15) is 24.1 Å². The molecule has 2 aromatic carbocycles. The zero-order valence-corrected chi connectivity index (χ0v) is 17.9. The van der Waals surface area contributed by atoms with Gasteiger partial charge in [0.25, 0.3) is 11.6 Å². The minimum Gasteiger partial charge on any atom is -0.339 e. The van der Waals surface area contributed by atoms with Crippen LogP contribution in [0, 0.1) is 22.9 Å². The maximum Gasteiger partial charge on any atom is 0.294 e. The lowest BCUT2D eigenvalue weighted by atomic mass is 10.2. The normalized spacial score (nSPS) is 11.7. The average molecular weight is 464 g/mol. The smallest absolute Gasteiger partial charge is 0.294 e. The fraction of sp³-hybridized carbons (Fsp3) is 0.136. The Balaban J connectivity index is 1.60. The van der Waals surface area contributed by atoms with Gasteiger partial charge in [-0.3, -0.25) is 19.7 Å². The summed E-state index contributed by atoms with van der Waals surface area (Å²) in [5.41, 5.74) is -0.427. The Morgan fingerprint density at radius 3 is 2.62 bits per heavy atom. The maximum absolute atomic E-state index is 13.1. The molecular formula is C22H17FN6O5. The van der Waals surface area contributed by atoms with E-state index in [1.807, 2.05) is 0 Å². The van der Waals surface area contributed by atoms with Crippen molar-refractivity contribution in [2.45, 2.75) is 19.9 Å². The van der Waals surface area contributed by atoms with Gasteiger partial charge in [0.05, 0.1) is 4.92 Å².